The SMILES string of the molecule is CCOP(=O)(OCC)C(Nc1ccc(F)cc1)c1cn(-c2ccccc2)nc1-c1ccccc1. The van der Waals surface area contributed by atoms with Crippen molar-refractivity contribution in [3.05, 3.63) is 103 Å². The predicted octanol–water partition coefficient (Wildman–Crippen LogP) is 7.06. The van der Waals surface area contributed by atoms with Crippen LogP contribution in [0.1, 0.15) is 25.2 Å². The Bertz CT molecular complexity index is 1240. The van der Waals surface area contributed by atoms with Gasteiger partial charge in [0, 0.05) is 23.0 Å². The maximum Gasteiger partial charge on any atom is 0.357 e. The van der Waals surface area contributed by atoms with Gasteiger partial charge in [0.1, 0.15) is 5.82 Å². The van der Waals surface area contributed by atoms with Crippen molar-refractivity contribution in [2.75, 3.05) is 18.5 Å². The van der Waals surface area contributed by atoms with E-state index in [1.165, 1.54) is 12.1 Å². The molecule has 4 aromatic rings. The van der Waals surface area contributed by atoms with Crippen LogP contribution in [0.5, 0.6) is 0 Å². The van der Waals surface area contributed by atoms with Gasteiger partial charge in [-0.15, -0.1) is 0 Å². The number of nitrogens with zero attached hydrogens (tertiary/aromatic N) is 2. The first-order valence-corrected chi connectivity index (χ1v) is 12.8. The zero-order chi connectivity index (χ0) is 24.0. The molecule has 0 saturated carbocycles. The normalized spacial score (nSPS) is 12.4. The first-order chi connectivity index (χ1) is 16.5. The number of benzene rings is 3. The van der Waals surface area contributed by atoms with Crippen molar-refractivity contribution in [2.45, 2.75) is 19.6 Å². The fourth-order valence-corrected chi connectivity index (χ4v) is 5.63. The Morgan fingerprint density at radius 1 is 0.912 bits per heavy atom. The summed E-state index contributed by atoms with van der Waals surface area (Å²) in [5.41, 5.74) is 3.58. The zero-order valence-corrected chi connectivity index (χ0v) is 20.0. The third-order valence-corrected chi connectivity index (χ3v) is 7.46. The van der Waals surface area contributed by atoms with Gasteiger partial charge in [-0.3, -0.25) is 4.57 Å². The minimum atomic E-state index is -3.71. The van der Waals surface area contributed by atoms with Gasteiger partial charge in [-0.25, -0.2) is 9.07 Å². The second-order valence-corrected chi connectivity index (χ2v) is 9.62. The molecule has 4 rings (SSSR count). The molecule has 0 aliphatic rings. The molecule has 0 saturated heterocycles. The van der Waals surface area contributed by atoms with E-state index in [-0.39, 0.29) is 19.0 Å². The van der Waals surface area contributed by atoms with Crippen LogP contribution < -0.4 is 5.32 Å². The molecule has 176 valence electrons. The minimum absolute atomic E-state index is 0.201. The summed E-state index contributed by atoms with van der Waals surface area (Å²) in [6, 6.07) is 25.2. The average molecular weight is 479 g/mol. The number of aromatic nitrogens is 2. The number of nitrogens with one attached hydrogen (secondary N) is 1. The molecular formula is C26H27FN3O3P. The molecule has 3 aromatic carbocycles. The van der Waals surface area contributed by atoms with Gasteiger partial charge in [-0.05, 0) is 50.2 Å². The van der Waals surface area contributed by atoms with Gasteiger partial charge in [0.2, 0.25) is 0 Å². The first kappa shape index (κ1) is 23.9. The molecule has 0 aliphatic heterocycles. The van der Waals surface area contributed by atoms with Gasteiger partial charge >= 0.3 is 7.60 Å². The van der Waals surface area contributed by atoms with Crippen molar-refractivity contribution in [3.63, 3.8) is 0 Å². The quantitative estimate of drug-likeness (QED) is 0.247. The van der Waals surface area contributed by atoms with Crippen molar-refractivity contribution < 1.29 is 18.0 Å². The standard InChI is InChI=1S/C26H27FN3O3P/c1-3-32-34(31,33-4-2)26(28-22-17-15-21(27)16-18-22)24-19-30(23-13-9-6-10-14-23)29-25(24)20-11-7-5-8-12-20/h5-19,26,28H,3-4H2,1-2H3. The number of hydrogen-bond donors (Lipinski definition) is 1. The summed E-state index contributed by atoms with van der Waals surface area (Å²) >= 11 is 0. The van der Waals surface area contributed by atoms with Gasteiger partial charge in [-0.2, -0.15) is 5.10 Å². The number of rotatable bonds is 10. The Labute approximate surface area is 198 Å². The summed E-state index contributed by atoms with van der Waals surface area (Å²) in [5.74, 6) is -1.24. The largest absolute Gasteiger partial charge is 0.368 e. The van der Waals surface area contributed by atoms with Crippen molar-refractivity contribution >= 4 is 13.3 Å². The van der Waals surface area contributed by atoms with Crippen molar-refractivity contribution in [1.82, 2.24) is 9.78 Å². The molecule has 1 heterocycles. The van der Waals surface area contributed by atoms with E-state index in [1.54, 1.807) is 30.7 Å². The van der Waals surface area contributed by atoms with Gasteiger partial charge in [-0.1, -0.05) is 48.5 Å². The number of anilines is 1. The van der Waals surface area contributed by atoms with Crippen LogP contribution in [0.15, 0.2) is 91.1 Å². The molecule has 1 aromatic heterocycles. The highest BCUT2D eigenvalue weighted by molar-refractivity contribution is 7.54. The van der Waals surface area contributed by atoms with E-state index in [1.807, 2.05) is 66.9 Å². The highest BCUT2D eigenvalue weighted by Gasteiger charge is 2.40. The number of para-hydroxylation sites is 1. The summed E-state index contributed by atoms with van der Waals surface area (Å²) < 4.78 is 40.9. The maximum atomic E-state index is 14.1. The maximum absolute atomic E-state index is 14.1. The summed E-state index contributed by atoms with van der Waals surface area (Å²) in [6.45, 7) is 3.94. The van der Waals surface area contributed by atoms with E-state index in [0.717, 1.165) is 11.3 Å². The summed E-state index contributed by atoms with van der Waals surface area (Å²) in [7, 11) is -3.71. The van der Waals surface area contributed by atoms with Crippen LogP contribution in [0.4, 0.5) is 10.1 Å². The van der Waals surface area contributed by atoms with E-state index >= 15 is 0 Å². The monoisotopic (exact) mass is 479 g/mol. The van der Waals surface area contributed by atoms with Crippen LogP contribution in [0.25, 0.3) is 16.9 Å². The third-order valence-electron chi connectivity index (χ3n) is 5.19. The van der Waals surface area contributed by atoms with E-state index in [4.69, 9.17) is 14.1 Å². The fraction of sp³-hybridized carbons (Fsp3) is 0.192. The lowest BCUT2D eigenvalue weighted by atomic mass is 10.1. The average Bonchev–Trinajstić information content (AvgIpc) is 3.30. The van der Waals surface area contributed by atoms with Crippen LogP contribution in [0.3, 0.4) is 0 Å². The summed E-state index contributed by atoms with van der Waals surface area (Å²) in [6.07, 6.45) is 1.84. The molecule has 0 aliphatic carbocycles. The van der Waals surface area contributed by atoms with Crippen molar-refractivity contribution in [3.8, 4) is 16.9 Å². The van der Waals surface area contributed by atoms with Gasteiger partial charge in [0.05, 0.1) is 24.6 Å². The van der Waals surface area contributed by atoms with Crippen LogP contribution in [0, 0.1) is 5.82 Å². The van der Waals surface area contributed by atoms with Crippen LogP contribution in [-0.2, 0) is 13.6 Å². The number of halogens is 1. The predicted molar refractivity (Wildman–Crippen MR) is 133 cm³/mol. The van der Waals surface area contributed by atoms with Crippen LogP contribution in [0.2, 0.25) is 0 Å². The molecule has 0 spiro atoms. The van der Waals surface area contributed by atoms with Gasteiger partial charge in [0.25, 0.3) is 0 Å². The molecule has 1 atom stereocenters. The van der Waals surface area contributed by atoms with E-state index in [2.05, 4.69) is 5.32 Å². The Morgan fingerprint density at radius 2 is 1.50 bits per heavy atom. The minimum Gasteiger partial charge on any atom is -0.368 e. The summed E-state index contributed by atoms with van der Waals surface area (Å²) in [5, 5.41) is 8.12. The Hall–Kier alpha value is -3.25. The van der Waals surface area contributed by atoms with Crippen LogP contribution >= 0.6 is 7.60 Å². The van der Waals surface area contributed by atoms with Crippen LogP contribution in [-0.4, -0.2) is 23.0 Å². The highest BCUT2D eigenvalue weighted by Crippen LogP contribution is 2.61. The molecule has 0 bridgehead atoms. The molecule has 1 unspecified atom stereocenters. The third kappa shape index (κ3) is 5.28. The van der Waals surface area contributed by atoms with Crippen molar-refractivity contribution in [1.29, 1.82) is 0 Å². The molecule has 0 radical (unpaired) electrons. The molecule has 1 N–H and O–H groups in total. The van der Waals surface area contributed by atoms with E-state index in [0.29, 0.717) is 16.9 Å². The van der Waals surface area contributed by atoms with E-state index in [9.17, 15) is 8.96 Å². The molecule has 0 fully saturated rings. The zero-order valence-electron chi connectivity index (χ0n) is 19.1. The first-order valence-electron chi connectivity index (χ1n) is 11.2. The molecule has 34 heavy (non-hydrogen) atoms. The van der Waals surface area contributed by atoms with Gasteiger partial charge in [0.15, 0.2) is 5.78 Å². The molecular weight excluding hydrogens is 452 g/mol. The lowest BCUT2D eigenvalue weighted by Gasteiger charge is -2.28. The Kier molecular flexibility index (Phi) is 7.58. The van der Waals surface area contributed by atoms with Gasteiger partial charge < -0.3 is 14.4 Å². The topological polar surface area (TPSA) is 65.4 Å². The van der Waals surface area contributed by atoms with Crippen molar-refractivity contribution in [2.24, 2.45) is 0 Å². The Morgan fingerprint density at radius 3 is 2.09 bits per heavy atom. The fourth-order valence-electron chi connectivity index (χ4n) is 3.70. The molecule has 0 amide bonds. The van der Waals surface area contributed by atoms with E-state index < -0.39 is 13.4 Å². The second-order valence-electron chi connectivity index (χ2n) is 7.51. The smallest absolute Gasteiger partial charge is 0.357 e. The second kappa shape index (κ2) is 10.8. The number of hydrogen-bond acceptors (Lipinski definition) is 5. The Balaban J connectivity index is 1.90. The molecule has 8 heteroatoms. The lowest BCUT2D eigenvalue weighted by Crippen LogP contribution is -2.15. The highest BCUT2D eigenvalue weighted by atomic mass is 31.2. The molecule has 6 nitrogen and oxygen atoms in total. The lowest BCUT2D eigenvalue weighted by molar-refractivity contribution is 0.214. The summed E-state index contributed by atoms with van der Waals surface area (Å²) in [4.78, 5) is 0.